The van der Waals surface area contributed by atoms with Crippen molar-refractivity contribution in [2.75, 3.05) is 43.0 Å². The van der Waals surface area contributed by atoms with E-state index in [9.17, 15) is 14.3 Å². The van der Waals surface area contributed by atoms with Crippen LogP contribution in [0.4, 0.5) is 21.6 Å². The van der Waals surface area contributed by atoms with Crippen molar-refractivity contribution >= 4 is 28.7 Å². The molecule has 2 saturated heterocycles. The highest BCUT2D eigenvalue weighted by atomic mass is 19.1. The second-order valence-corrected chi connectivity index (χ2v) is 11.5. The molecule has 3 aromatic heterocycles. The molecule has 1 unspecified atom stereocenters. The Labute approximate surface area is 236 Å². The molecule has 0 bridgehead atoms. The zero-order valence-electron chi connectivity index (χ0n) is 23.0. The molecule has 0 aliphatic carbocycles. The molecule has 41 heavy (non-hydrogen) atoms. The summed E-state index contributed by atoms with van der Waals surface area (Å²) >= 11 is 0. The van der Waals surface area contributed by atoms with Crippen LogP contribution in [0.1, 0.15) is 29.8 Å². The van der Waals surface area contributed by atoms with E-state index in [1.165, 1.54) is 12.1 Å². The van der Waals surface area contributed by atoms with Gasteiger partial charge < -0.3 is 25.4 Å². The maximum Gasteiger partial charge on any atom is 0.254 e. The number of carbonyl (C=O) groups excluding carboxylic acids is 1. The van der Waals surface area contributed by atoms with Crippen LogP contribution < -0.4 is 15.5 Å². The molecule has 1 amide bonds. The van der Waals surface area contributed by atoms with Crippen molar-refractivity contribution in [3.05, 3.63) is 71.9 Å². The number of β-amino-alcohol motifs (C(OH)–C–C–N with tert-alkyl or cyclic N) is 1. The molecule has 10 nitrogen and oxygen atoms in total. The van der Waals surface area contributed by atoms with Gasteiger partial charge in [0.1, 0.15) is 17.3 Å². The smallest absolute Gasteiger partial charge is 0.254 e. The summed E-state index contributed by atoms with van der Waals surface area (Å²) < 4.78 is 21.7. The number of ether oxygens (including phenoxy) is 1. The minimum absolute atomic E-state index is 0.00750. The lowest BCUT2D eigenvalue weighted by molar-refractivity contribution is -0.121. The number of nitrogens with zero attached hydrogens (tertiary/aromatic N) is 5. The van der Waals surface area contributed by atoms with Crippen molar-refractivity contribution in [1.82, 2.24) is 24.6 Å². The second-order valence-electron chi connectivity index (χ2n) is 11.5. The minimum atomic E-state index is -0.348. The fraction of sp³-hybridized carbons (Fsp3) is 0.367. The van der Waals surface area contributed by atoms with Gasteiger partial charge in [-0.15, -0.1) is 0 Å². The molecule has 1 aromatic carbocycles. The molecule has 3 aliphatic rings. The van der Waals surface area contributed by atoms with Gasteiger partial charge in [-0.3, -0.25) is 14.1 Å². The molecule has 1 atom stereocenters. The van der Waals surface area contributed by atoms with E-state index in [1.54, 1.807) is 12.4 Å². The maximum atomic E-state index is 13.7. The van der Waals surface area contributed by atoms with Crippen molar-refractivity contribution in [2.45, 2.75) is 38.1 Å². The zero-order chi connectivity index (χ0) is 28.3. The molecule has 3 N–H and O–H groups in total. The largest absolute Gasteiger partial charge is 0.390 e. The quantitative estimate of drug-likeness (QED) is 0.332. The SMILES string of the molecule is CC(C)(C1CN(c2ccc(Nc3ccc(-c4cnc5cc(F)ccn45)c4c3C(=O)NC4)nc2)CCO1)N1CC(O)C1. The number of benzene rings is 1. The lowest BCUT2D eigenvalue weighted by Gasteiger charge is -2.52. The van der Waals surface area contributed by atoms with E-state index in [0.29, 0.717) is 49.0 Å². The Morgan fingerprint density at radius 3 is 2.76 bits per heavy atom. The van der Waals surface area contributed by atoms with Crippen LogP contribution in [0.15, 0.2) is 55.0 Å². The number of hydrogen-bond acceptors (Lipinski definition) is 8. The number of nitrogens with one attached hydrogen (secondary N) is 2. The number of carbonyl (C=O) groups is 1. The first kappa shape index (κ1) is 25.9. The zero-order valence-corrected chi connectivity index (χ0v) is 23.0. The van der Waals surface area contributed by atoms with Gasteiger partial charge in [0.2, 0.25) is 0 Å². The average Bonchev–Trinajstić information content (AvgIpc) is 3.55. The van der Waals surface area contributed by atoms with E-state index in [2.05, 4.69) is 44.2 Å². The number of aromatic nitrogens is 3. The molecule has 7 rings (SSSR count). The van der Waals surface area contributed by atoms with Crippen molar-refractivity contribution < 1.29 is 19.0 Å². The lowest BCUT2D eigenvalue weighted by atomic mass is 9.89. The van der Waals surface area contributed by atoms with E-state index >= 15 is 0 Å². The van der Waals surface area contributed by atoms with E-state index in [-0.39, 0.29) is 29.5 Å². The van der Waals surface area contributed by atoms with Gasteiger partial charge in [-0.1, -0.05) is 6.07 Å². The fourth-order valence-electron chi connectivity index (χ4n) is 6.07. The van der Waals surface area contributed by atoms with Crippen LogP contribution in [-0.4, -0.2) is 80.8 Å². The number of likely N-dealkylation sites (tertiary alicyclic amines) is 1. The van der Waals surface area contributed by atoms with Crippen LogP contribution in [0.5, 0.6) is 0 Å². The Balaban J connectivity index is 1.11. The molecular formula is C30H32FN7O3. The number of aliphatic hydroxyl groups is 1. The number of rotatable bonds is 6. The van der Waals surface area contributed by atoms with Crippen LogP contribution in [0, 0.1) is 5.82 Å². The van der Waals surface area contributed by atoms with Gasteiger partial charge in [-0.05, 0) is 43.7 Å². The Morgan fingerprint density at radius 1 is 1.12 bits per heavy atom. The number of amides is 1. The summed E-state index contributed by atoms with van der Waals surface area (Å²) in [5, 5.41) is 16.0. The first-order valence-corrected chi connectivity index (χ1v) is 13.9. The lowest BCUT2D eigenvalue weighted by Crippen LogP contribution is -2.67. The molecule has 4 aromatic rings. The number of aliphatic hydroxyl groups excluding tert-OH is 1. The Kier molecular flexibility index (Phi) is 6.18. The highest BCUT2D eigenvalue weighted by Crippen LogP contribution is 2.36. The molecule has 2 fully saturated rings. The molecule has 212 valence electrons. The molecule has 0 saturated carbocycles. The molecule has 3 aliphatic heterocycles. The van der Waals surface area contributed by atoms with E-state index in [1.807, 2.05) is 34.9 Å². The highest BCUT2D eigenvalue weighted by molar-refractivity contribution is 6.06. The third-order valence-corrected chi connectivity index (χ3v) is 8.62. The number of imidazole rings is 1. The van der Waals surface area contributed by atoms with Gasteiger partial charge in [-0.25, -0.2) is 14.4 Å². The Bertz CT molecular complexity index is 1630. The number of morpholine rings is 1. The number of fused-ring (bicyclic) bond motifs is 2. The molecule has 0 radical (unpaired) electrons. The van der Waals surface area contributed by atoms with Crippen LogP contribution in [-0.2, 0) is 11.3 Å². The van der Waals surface area contributed by atoms with Crippen molar-refractivity contribution in [3.8, 4) is 11.3 Å². The van der Waals surface area contributed by atoms with Crippen LogP contribution in [0.3, 0.4) is 0 Å². The summed E-state index contributed by atoms with van der Waals surface area (Å²) in [7, 11) is 0. The van der Waals surface area contributed by atoms with Crippen molar-refractivity contribution in [3.63, 3.8) is 0 Å². The van der Waals surface area contributed by atoms with Gasteiger partial charge >= 0.3 is 0 Å². The van der Waals surface area contributed by atoms with Gasteiger partial charge in [0, 0.05) is 56.1 Å². The third kappa shape index (κ3) is 4.50. The number of halogens is 1. The van der Waals surface area contributed by atoms with E-state index in [0.717, 1.165) is 35.6 Å². The number of hydrogen-bond donors (Lipinski definition) is 3. The van der Waals surface area contributed by atoms with Gasteiger partial charge in [0.05, 0.1) is 53.8 Å². The van der Waals surface area contributed by atoms with Crippen molar-refractivity contribution in [2.24, 2.45) is 0 Å². The number of anilines is 3. The summed E-state index contributed by atoms with van der Waals surface area (Å²) in [4.78, 5) is 26.4. The summed E-state index contributed by atoms with van der Waals surface area (Å²) in [6.45, 7) is 8.23. The third-order valence-electron chi connectivity index (χ3n) is 8.62. The average molecular weight is 558 g/mol. The van der Waals surface area contributed by atoms with Crippen molar-refractivity contribution in [1.29, 1.82) is 0 Å². The molecule has 11 heteroatoms. The first-order valence-electron chi connectivity index (χ1n) is 13.9. The van der Waals surface area contributed by atoms with Crippen LogP contribution in [0.25, 0.3) is 16.9 Å². The first-order chi connectivity index (χ1) is 19.8. The maximum absolute atomic E-state index is 13.7. The highest BCUT2D eigenvalue weighted by Gasteiger charge is 2.44. The molecule has 0 spiro atoms. The predicted octanol–water partition coefficient (Wildman–Crippen LogP) is 3.18. The number of pyridine rings is 2. The standard InChI is InChI=1S/C30H32FN7O3/c1-30(2,37-15-20(39)16-37)25-17-36(9-10-41-25)19-3-6-26(32-12-19)35-23-5-4-21(22-13-34-29(40)28(22)23)24-14-33-27-11-18(31)7-8-38(24)27/h3-8,11-12,14,20,25,39H,9-10,13,15-17H2,1-2H3,(H,32,35)(H,34,40). The minimum Gasteiger partial charge on any atom is -0.390 e. The summed E-state index contributed by atoms with van der Waals surface area (Å²) in [6, 6.07) is 10.6. The monoisotopic (exact) mass is 557 g/mol. The summed E-state index contributed by atoms with van der Waals surface area (Å²) in [6.07, 6.45) is 4.95. The van der Waals surface area contributed by atoms with Crippen LogP contribution in [0.2, 0.25) is 0 Å². The Hall–Kier alpha value is -4.06. The van der Waals surface area contributed by atoms with Crippen LogP contribution >= 0.6 is 0 Å². The predicted molar refractivity (Wildman–Crippen MR) is 153 cm³/mol. The van der Waals surface area contributed by atoms with Gasteiger partial charge in [0.15, 0.2) is 0 Å². The summed E-state index contributed by atoms with van der Waals surface area (Å²) in [5.41, 5.74) is 5.09. The normalized spacial score (nSPS) is 19.8. The Morgan fingerprint density at radius 2 is 1.98 bits per heavy atom. The van der Waals surface area contributed by atoms with Gasteiger partial charge in [-0.2, -0.15) is 0 Å². The van der Waals surface area contributed by atoms with E-state index in [4.69, 9.17) is 4.74 Å². The molecular weight excluding hydrogens is 525 g/mol. The summed E-state index contributed by atoms with van der Waals surface area (Å²) in [5.74, 6) is 0.130. The fourth-order valence-corrected chi connectivity index (χ4v) is 6.07. The second kappa shape index (κ2) is 9.79. The molecule has 6 heterocycles. The topological polar surface area (TPSA) is 107 Å². The van der Waals surface area contributed by atoms with E-state index < -0.39 is 0 Å². The van der Waals surface area contributed by atoms with Gasteiger partial charge in [0.25, 0.3) is 5.91 Å².